The minimum Gasteiger partial charge on any atom is -0.282 e. The quantitative estimate of drug-likeness (QED) is 0.685. The Morgan fingerprint density at radius 3 is 2.40 bits per heavy atom. The molecule has 0 bridgehead atoms. The van der Waals surface area contributed by atoms with Gasteiger partial charge in [-0.3, -0.25) is 4.40 Å². The van der Waals surface area contributed by atoms with E-state index in [0.29, 0.717) is 17.7 Å². The van der Waals surface area contributed by atoms with Crippen LogP contribution in [0.25, 0.3) is 17.0 Å². The predicted molar refractivity (Wildman–Crippen MR) is 63.0 cm³/mol. The molecule has 3 aromatic rings. The molecule has 4 nitrogen and oxygen atoms in total. The van der Waals surface area contributed by atoms with E-state index in [-0.39, 0.29) is 11.5 Å². The minimum atomic E-state index is -1.07. The first-order valence-electron chi connectivity index (χ1n) is 5.50. The van der Waals surface area contributed by atoms with E-state index >= 15 is 0 Å². The van der Waals surface area contributed by atoms with Gasteiger partial charge in [0.15, 0.2) is 11.5 Å². The standard InChI is InChI=1S/C13H5F3N4/c14-8-4-9(15)12(10(16)5-8)13-19-18-11-3-7(6-17)1-2-20(11)13/h1-5H. The average molecular weight is 274 g/mol. The molecule has 0 amide bonds. The summed E-state index contributed by atoms with van der Waals surface area (Å²) in [6, 6.07) is 5.95. The van der Waals surface area contributed by atoms with Crippen LogP contribution in [0.5, 0.6) is 0 Å². The molecule has 2 heterocycles. The van der Waals surface area contributed by atoms with Gasteiger partial charge in [0, 0.05) is 24.4 Å². The molecule has 7 heteroatoms. The van der Waals surface area contributed by atoms with E-state index < -0.39 is 23.0 Å². The highest BCUT2D eigenvalue weighted by Crippen LogP contribution is 2.26. The van der Waals surface area contributed by atoms with Crippen molar-refractivity contribution >= 4 is 5.65 Å². The van der Waals surface area contributed by atoms with Gasteiger partial charge in [0.2, 0.25) is 0 Å². The molecule has 0 fully saturated rings. The van der Waals surface area contributed by atoms with E-state index in [4.69, 9.17) is 5.26 Å². The Kier molecular flexibility index (Phi) is 2.64. The Balaban J connectivity index is 2.29. The highest BCUT2D eigenvalue weighted by molar-refractivity contribution is 5.61. The lowest BCUT2D eigenvalue weighted by molar-refractivity contribution is 0.546. The van der Waals surface area contributed by atoms with Gasteiger partial charge in [-0.05, 0) is 6.07 Å². The van der Waals surface area contributed by atoms with Gasteiger partial charge in [0.05, 0.1) is 17.2 Å². The molecule has 2 aromatic heterocycles. The van der Waals surface area contributed by atoms with Gasteiger partial charge >= 0.3 is 0 Å². The van der Waals surface area contributed by atoms with Crippen molar-refractivity contribution < 1.29 is 13.2 Å². The van der Waals surface area contributed by atoms with Gasteiger partial charge in [-0.15, -0.1) is 10.2 Å². The van der Waals surface area contributed by atoms with Gasteiger partial charge in [-0.2, -0.15) is 5.26 Å². The van der Waals surface area contributed by atoms with Gasteiger partial charge in [-0.25, -0.2) is 13.2 Å². The number of nitrogens with zero attached hydrogens (tertiary/aromatic N) is 4. The number of benzene rings is 1. The molecular weight excluding hydrogens is 269 g/mol. The van der Waals surface area contributed by atoms with Crippen molar-refractivity contribution in [1.29, 1.82) is 5.26 Å². The average Bonchev–Trinajstić information content (AvgIpc) is 2.80. The number of nitriles is 1. The third-order valence-corrected chi connectivity index (χ3v) is 2.77. The molecule has 0 aliphatic carbocycles. The third-order valence-electron chi connectivity index (χ3n) is 2.77. The molecule has 0 N–H and O–H groups in total. The molecule has 1 aromatic carbocycles. The minimum absolute atomic E-state index is 0.0977. The van der Waals surface area contributed by atoms with E-state index in [1.165, 1.54) is 22.7 Å². The molecule has 0 unspecified atom stereocenters. The normalized spacial score (nSPS) is 10.7. The van der Waals surface area contributed by atoms with Crippen LogP contribution in [0.15, 0.2) is 30.5 Å². The molecule has 20 heavy (non-hydrogen) atoms. The molecule has 0 aliphatic rings. The van der Waals surface area contributed by atoms with Crippen molar-refractivity contribution in [2.75, 3.05) is 0 Å². The summed E-state index contributed by atoms with van der Waals surface area (Å²) in [6.45, 7) is 0. The molecule has 0 saturated heterocycles. The van der Waals surface area contributed by atoms with Gasteiger partial charge in [-0.1, -0.05) is 0 Å². The lowest BCUT2D eigenvalue weighted by atomic mass is 10.1. The molecule has 0 radical (unpaired) electrons. The number of rotatable bonds is 1. The van der Waals surface area contributed by atoms with Crippen LogP contribution >= 0.6 is 0 Å². The maximum absolute atomic E-state index is 13.7. The second kappa shape index (κ2) is 4.35. The zero-order chi connectivity index (χ0) is 14.3. The second-order valence-corrected chi connectivity index (χ2v) is 4.02. The molecule has 3 rings (SSSR count). The molecule has 0 saturated carbocycles. The third kappa shape index (κ3) is 1.78. The van der Waals surface area contributed by atoms with Crippen LogP contribution < -0.4 is 0 Å². The summed E-state index contributed by atoms with van der Waals surface area (Å²) >= 11 is 0. The van der Waals surface area contributed by atoms with Crippen molar-refractivity contribution in [3.63, 3.8) is 0 Å². The van der Waals surface area contributed by atoms with Crippen LogP contribution in [-0.4, -0.2) is 14.6 Å². The maximum Gasteiger partial charge on any atom is 0.174 e. The first-order chi connectivity index (χ1) is 9.60. The van der Waals surface area contributed by atoms with Crippen molar-refractivity contribution in [3.8, 4) is 17.5 Å². The Bertz CT molecular complexity index is 841. The monoisotopic (exact) mass is 274 g/mol. The van der Waals surface area contributed by atoms with Crippen molar-refractivity contribution in [2.24, 2.45) is 0 Å². The Morgan fingerprint density at radius 1 is 1.05 bits per heavy atom. The molecule has 98 valence electrons. The predicted octanol–water partition coefficient (Wildman–Crippen LogP) is 2.69. The molecule has 0 spiro atoms. The van der Waals surface area contributed by atoms with Crippen LogP contribution in [0.4, 0.5) is 13.2 Å². The van der Waals surface area contributed by atoms with E-state index in [1.54, 1.807) is 0 Å². The Hall–Kier alpha value is -2.88. The lowest BCUT2D eigenvalue weighted by Gasteiger charge is -2.03. The van der Waals surface area contributed by atoms with Crippen LogP contribution in [0.2, 0.25) is 0 Å². The number of hydrogen-bond acceptors (Lipinski definition) is 3. The van der Waals surface area contributed by atoms with E-state index in [1.807, 2.05) is 6.07 Å². The second-order valence-electron chi connectivity index (χ2n) is 4.02. The summed E-state index contributed by atoms with van der Waals surface area (Å²) in [5, 5.41) is 16.2. The van der Waals surface area contributed by atoms with Crippen LogP contribution in [0.1, 0.15) is 5.56 Å². The molecule has 0 aliphatic heterocycles. The number of fused-ring (bicyclic) bond motifs is 1. The summed E-state index contributed by atoms with van der Waals surface area (Å²) in [4.78, 5) is 0. The van der Waals surface area contributed by atoms with Gasteiger partial charge < -0.3 is 0 Å². The highest BCUT2D eigenvalue weighted by Gasteiger charge is 2.19. The Labute approximate surface area is 110 Å². The first kappa shape index (κ1) is 12.2. The summed E-state index contributed by atoms with van der Waals surface area (Å²) < 4.78 is 41.7. The Morgan fingerprint density at radius 2 is 1.75 bits per heavy atom. The molecule has 0 atom stereocenters. The SMILES string of the molecule is N#Cc1ccn2c(-c3c(F)cc(F)cc3F)nnc2c1. The number of halogens is 3. The number of pyridine rings is 1. The summed E-state index contributed by atoms with van der Waals surface area (Å²) in [6.07, 6.45) is 1.42. The first-order valence-corrected chi connectivity index (χ1v) is 5.50. The number of hydrogen-bond donors (Lipinski definition) is 0. The largest absolute Gasteiger partial charge is 0.282 e. The highest BCUT2D eigenvalue weighted by atomic mass is 19.1. The van der Waals surface area contributed by atoms with E-state index in [0.717, 1.165) is 0 Å². The molecular formula is C13H5F3N4. The number of aromatic nitrogens is 3. The van der Waals surface area contributed by atoms with Crippen LogP contribution in [0.3, 0.4) is 0 Å². The maximum atomic E-state index is 13.7. The zero-order valence-electron chi connectivity index (χ0n) is 9.81. The summed E-state index contributed by atoms with van der Waals surface area (Å²) in [5.41, 5.74) is 0.141. The fraction of sp³-hybridized carbons (Fsp3) is 0. The van der Waals surface area contributed by atoms with Crippen molar-refractivity contribution in [3.05, 3.63) is 53.5 Å². The lowest BCUT2D eigenvalue weighted by Crippen LogP contribution is -1.97. The summed E-state index contributed by atoms with van der Waals surface area (Å²) in [5.74, 6) is -3.24. The topological polar surface area (TPSA) is 54.0 Å². The fourth-order valence-electron chi connectivity index (χ4n) is 1.89. The van der Waals surface area contributed by atoms with Crippen molar-refractivity contribution in [1.82, 2.24) is 14.6 Å². The van der Waals surface area contributed by atoms with E-state index in [2.05, 4.69) is 10.2 Å². The van der Waals surface area contributed by atoms with Gasteiger partial charge in [0.1, 0.15) is 17.5 Å². The van der Waals surface area contributed by atoms with E-state index in [9.17, 15) is 13.2 Å². The van der Waals surface area contributed by atoms with Crippen molar-refractivity contribution in [2.45, 2.75) is 0 Å². The van der Waals surface area contributed by atoms with Gasteiger partial charge in [0.25, 0.3) is 0 Å². The zero-order valence-corrected chi connectivity index (χ0v) is 9.81. The summed E-state index contributed by atoms with van der Waals surface area (Å²) in [7, 11) is 0. The fourth-order valence-corrected chi connectivity index (χ4v) is 1.89. The van der Waals surface area contributed by atoms with Crippen LogP contribution in [0, 0.1) is 28.8 Å². The van der Waals surface area contributed by atoms with Crippen LogP contribution in [-0.2, 0) is 0 Å². The smallest absolute Gasteiger partial charge is 0.174 e.